The summed E-state index contributed by atoms with van der Waals surface area (Å²) in [5, 5.41) is 8.27. The summed E-state index contributed by atoms with van der Waals surface area (Å²) in [6.07, 6.45) is 10.2. The molecule has 5 nitrogen and oxygen atoms in total. The molecule has 1 unspecified atom stereocenters. The molecule has 4 aliphatic rings. The van der Waals surface area contributed by atoms with Crippen LogP contribution in [0.15, 0.2) is 6.20 Å². The van der Waals surface area contributed by atoms with Gasteiger partial charge >= 0.3 is 0 Å². The Morgan fingerprint density at radius 1 is 1.25 bits per heavy atom. The fourth-order valence-corrected chi connectivity index (χ4v) is 5.64. The van der Waals surface area contributed by atoms with E-state index in [1.807, 2.05) is 13.2 Å². The number of rotatable bonds is 4. The predicted molar refractivity (Wildman–Crippen MR) is 76.4 cm³/mol. The third-order valence-corrected chi connectivity index (χ3v) is 6.06. The quantitative estimate of drug-likeness (QED) is 0.641. The number of nitrogens with zero attached hydrogens (tertiary/aromatic N) is 3. The van der Waals surface area contributed by atoms with E-state index < -0.39 is 0 Å². The average molecular weight is 275 g/mol. The molecule has 0 radical (unpaired) electrons. The summed E-state index contributed by atoms with van der Waals surface area (Å²) < 4.78 is 1.78. The molecule has 0 amide bonds. The summed E-state index contributed by atoms with van der Waals surface area (Å²) in [6.45, 7) is 0. The van der Waals surface area contributed by atoms with Crippen molar-refractivity contribution >= 4 is 0 Å². The van der Waals surface area contributed by atoms with Gasteiger partial charge in [0, 0.05) is 25.7 Å². The van der Waals surface area contributed by atoms with Crippen LogP contribution in [-0.2, 0) is 13.5 Å². The minimum atomic E-state index is 0.363. The fraction of sp³-hybridized carbons (Fsp3) is 0.867. The summed E-state index contributed by atoms with van der Waals surface area (Å²) in [6, 6.07) is 0.363. The molecule has 0 aromatic carbocycles. The molecule has 1 heterocycles. The number of nitrogens with one attached hydrogen (secondary N) is 1. The largest absolute Gasteiger partial charge is 0.271 e. The van der Waals surface area contributed by atoms with E-state index in [9.17, 15) is 0 Å². The first-order valence-corrected chi connectivity index (χ1v) is 8.04. The average Bonchev–Trinajstić information content (AvgIpc) is 2.81. The lowest BCUT2D eigenvalue weighted by atomic mass is 9.50. The van der Waals surface area contributed by atoms with Crippen LogP contribution >= 0.6 is 0 Å². The zero-order chi connectivity index (χ0) is 13.7. The normalized spacial score (nSPS) is 40.2. The molecule has 4 fully saturated rings. The highest BCUT2D eigenvalue weighted by atomic mass is 15.4. The van der Waals surface area contributed by atoms with Crippen LogP contribution in [0.1, 0.15) is 37.8 Å². The van der Waals surface area contributed by atoms with Gasteiger partial charge in [-0.2, -0.15) is 0 Å². The second-order valence-electron chi connectivity index (χ2n) is 7.37. The van der Waals surface area contributed by atoms with Crippen molar-refractivity contribution in [3.63, 3.8) is 0 Å². The van der Waals surface area contributed by atoms with E-state index in [1.165, 1.54) is 32.1 Å². The van der Waals surface area contributed by atoms with E-state index in [0.717, 1.165) is 41.7 Å². The number of aromatic nitrogens is 3. The van der Waals surface area contributed by atoms with Crippen molar-refractivity contribution in [2.75, 3.05) is 0 Å². The highest BCUT2D eigenvalue weighted by Gasteiger charge is 2.50. The number of hydrazine groups is 1. The standard InChI is InChI=1S/C15H25N5/c1-20-8-13(18-19-20)7-14(17-16)15-11-3-9-2-10(5-11)6-12(15)4-9/h8-12,14-15,17H,2-7,16H2,1H3. The second kappa shape index (κ2) is 4.81. The van der Waals surface area contributed by atoms with Gasteiger partial charge in [-0.25, -0.2) is 0 Å². The maximum Gasteiger partial charge on any atom is 0.0843 e. The molecule has 5 rings (SSSR count). The maximum atomic E-state index is 5.90. The Labute approximate surface area is 120 Å². The molecule has 1 aromatic heterocycles. The molecule has 5 heteroatoms. The first-order chi connectivity index (χ1) is 9.72. The lowest BCUT2D eigenvalue weighted by Crippen LogP contribution is -2.55. The summed E-state index contributed by atoms with van der Waals surface area (Å²) in [4.78, 5) is 0. The molecular formula is C15H25N5. The van der Waals surface area contributed by atoms with Crippen LogP contribution in [0.2, 0.25) is 0 Å². The van der Waals surface area contributed by atoms with Gasteiger partial charge in [-0.05, 0) is 61.7 Å². The van der Waals surface area contributed by atoms with E-state index in [0.29, 0.717) is 6.04 Å². The van der Waals surface area contributed by atoms with Crippen LogP contribution in [0.3, 0.4) is 0 Å². The maximum absolute atomic E-state index is 5.90. The van der Waals surface area contributed by atoms with Crippen molar-refractivity contribution in [3.05, 3.63) is 11.9 Å². The number of nitrogens with two attached hydrogens (primary N) is 1. The zero-order valence-electron chi connectivity index (χ0n) is 12.2. The molecule has 1 atom stereocenters. The highest BCUT2D eigenvalue weighted by molar-refractivity contribution is 5.05. The van der Waals surface area contributed by atoms with Crippen LogP contribution in [0.5, 0.6) is 0 Å². The zero-order valence-corrected chi connectivity index (χ0v) is 12.2. The van der Waals surface area contributed by atoms with E-state index in [1.54, 1.807) is 4.68 Å². The minimum absolute atomic E-state index is 0.363. The van der Waals surface area contributed by atoms with Crippen molar-refractivity contribution in [2.24, 2.45) is 42.5 Å². The molecule has 0 aliphatic heterocycles. The van der Waals surface area contributed by atoms with Gasteiger partial charge in [-0.1, -0.05) is 5.21 Å². The van der Waals surface area contributed by atoms with Gasteiger partial charge in [0.15, 0.2) is 0 Å². The SMILES string of the molecule is Cn1cc(CC(NN)C2C3CC4CC(C3)CC2C4)nn1. The molecule has 0 saturated heterocycles. The third-order valence-electron chi connectivity index (χ3n) is 6.06. The Morgan fingerprint density at radius 2 is 1.90 bits per heavy atom. The summed E-state index contributed by atoms with van der Waals surface area (Å²) >= 11 is 0. The first-order valence-electron chi connectivity index (χ1n) is 8.04. The number of hydrogen-bond donors (Lipinski definition) is 2. The molecule has 3 N–H and O–H groups in total. The number of hydrogen-bond acceptors (Lipinski definition) is 4. The van der Waals surface area contributed by atoms with Crippen LogP contribution in [-0.4, -0.2) is 21.0 Å². The van der Waals surface area contributed by atoms with Gasteiger partial charge in [-0.3, -0.25) is 16.0 Å². The predicted octanol–water partition coefficient (Wildman–Crippen LogP) is 1.26. The molecule has 1 aromatic rings. The Kier molecular flexibility index (Phi) is 3.07. The summed E-state index contributed by atoms with van der Waals surface area (Å²) in [5.74, 6) is 10.5. The molecule has 110 valence electrons. The van der Waals surface area contributed by atoms with Gasteiger partial charge in [0.1, 0.15) is 0 Å². The van der Waals surface area contributed by atoms with Crippen molar-refractivity contribution in [3.8, 4) is 0 Å². The Hall–Kier alpha value is -0.940. The van der Waals surface area contributed by atoms with E-state index in [4.69, 9.17) is 5.84 Å². The monoisotopic (exact) mass is 275 g/mol. The molecule has 4 aliphatic carbocycles. The van der Waals surface area contributed by atoms with Gasteiger partial charge in [0.25, 0.3) is 0 Å². The molecular weight excluding hydrogens is 250 g/mol. The highest BCUT2D eigenvalue weighted by Crippen LogP contribution is 2.57. The van der Waals surface area contributed by atoms with E-state index in [2.05, 4.69) is 15.7 Å². The topological polar surface area (TPSA) is 68.8 Å². The minimum Gasteiger partial charge on any atom is -0.271 e. The lowest BCUT2D eigenvalue weighted by Gasteiger charge is -2.56. The summed E-state index contributed by atoms with van der Waals surface area (Å²) in [5.41, 5.74) is 4.17. The van der Waals surface area contributed by atoms with Crippen LogP contribution in [0.25, 0.3) is 0 Å². The Morgan fingerprint density at radius 3 is 2.40 bits per heavy atom. The van der Waals surface area contributed by atoms with E-state index >= 15 is 0 Å². The van der Waals surface area contributed by atoms with Crippen molar-refractivity contribution < 1.29 is 0 Å². The summed E-state index contributed by atoms with van der Waals surface area (Å²) in [7, 11) is 1.92. The Bertz CT molecular complexity index is 454. The first kappa shape index (κ1) is 12.8. The molecule has 4 bridgehead atoms. The fourth-order valence-electron chi connectivity index (χ4n) is 5.64. The molecule has 4 saturated carbocycles. The third kappa shape index (κ3) is 2.07. The van der Waals surface area contributed by atoms with Crippen LogP contribution in [0.4, 0.5) is 0 Å². The molecule has 20 heavy (non-hydrogen) atoms. The van der Waals surface area contributed by atoms with Crippen molar-refractivity contribution in [1.29, 1.82) is 0 Å². The van der Waals surface area contributed by atoms with Gasteiger partial charge < -0.3 is 0 Å². The smallest absolute Gasteiger partial charge is 0.0843 e. The van der Waals surface area contributed by atoms with Gasteiger partial charge in [0.05, 0.1) is 5.69 Å². The van der Waals surface area contributed by atoms with Crippen LogP contribution in [0, 0.1) is 29.6 Å². The van der Waals surface area contributed by atoms with Crippen molar-refractivity contribution in [1.82, 2.24) is 20.4 Å². The van der Waals surface area contributed by atoms with Gasteiger partial charge in [-0.15, -0.1) is 5.10 Å². The van der Waals surface area contributed by atoms with E-state index in [-0.39, 0.29) is 0 Å². The second-order valence-corrected chi connectivity index (χ2v) is 7.37. The lowest BCUT2D eigenvalue weighted by molar-refractivity contribution is -0.0518. The Balaban J connectivity index is 1.52. The van der Waals surface area contributed by atoms with Crippen LogP contribution < -0.4 is 11.3 Å². The number of aryl methyl sites for hydroxylation is 1. The van der Waals surface area contributed by atoms with Crippen molar-refractivity contribution in [2.45, 2.75) is 44.6 Å². The van der Waals surface area contributed by atoms with Gasteiger partial charge in [0.2, 0.25) is 0 Å². The molecule has 0 spiro atoms.